The molecule has 2 aromatic heterocycles. The van der Waals surface area contributed by atoms with Crippen LogP contribution in [0.1, 0.15) is 27.2 Å². The fraction of sp³-hybridized carbons (Fsp3) is 0.200. The predicted molar refractivity (Wildman–Crippen MR) is 80.4 cm³/mol. The summed E-state index contributed by atoms with van der Waals surface area (Å²) < 4.78 is 5.99. The Kier molecular flexibility index (Phi) is 3.72. The second-order valence-corrected chi connectivity index (χ2v) is 5.86. The Morgan fingerprint density at radius 2 is 2.24 bits per heavy atom. The van der Waals surface area contributed by atoms with Crippen molar-refractivity contribution in [3.05, 3.63) is 52.7 Å². The Bertz CT molecular complexity index is 745. The van der Waals surface area contributed by atoms with Crippen LogP contribution in [-0.4, -0.2) is 22.7 Å². The molecule has 5 nitrogen and oxygen atoms in total. The van der Waals surface area contributed by atoms with Gasteiger partial charge in [-0.05, 0) is 24.4 Å². The van der Waals surface area contributed by atoms with Gasteiger partial charge in [0, 0.05) is 22.2 Å². The van der Waals surface area contributed by atoms with E-state index in [1.807, 2.05) is 30.3 Å². The van der Waals surface area contributed by atoms with E-state index in [0.29, 0.717) is 5.69 Å². The number of nitrogens with one attached hydrogen (secondary N) is 1. The number of benzene rings is 1. The summed E-state index contributed by atoms with van der Waals surface area (Å²) in [4.78, 5) is 12.6. The lowest BCUT2D eigenvalue weighted by Gasteiger charge is -2.08. The van der Waals surface area contributed by atoms with Crippen LogP contribution >= 0.6 is 11.3 Å². The van der Waals surface area contributed by atoms with Gasteiger partial charge in [0.15, 0.2) is 0 Å². The number of aliphatic hydroxyl groups is 1. The number of carbonyl (C=O) groups is 1. The summed E-state index contributed by atoms with van der Waals surface area (Å²) in [5, 5.41) is 17.6. The topological polar surface area (TPSA) is 75.4 Å². The summed E-state index contributed by atoms with van der Waals surface area (Å²) >= 11 is 1.52. The number of hydrogen-bond donors (Lipinski definition) is 2. The standard InChI is InChI=1S/C15H14N2O3S/c1-9-6-12(20-17-9)15(19)16-8-11(18)14-7-10-4-2-3-5-13(10)21-14/h2-7,11,18H,8H2,1H3,(H,16,19). The second kappa shape index (κ2) is 5.67. The highest BCUT2D eigenvalue weighted by Gasteiger charge is 2.15. The molecule has 0 bridgehead atoms. The second-order valence-electron chi connectivity index (χ2n) is 4.74. The summed E-state index contributed by atoms with van der Waals surface area (Å²) in [5.41, 5.74) is 0.644. The van der Waals surface area contributed by atoms with Gasteiger partial charge in [0.05, 0.1) is 5.69 Å². The van der Waals surface area contributed by atoms with Crippen LogP contribution in [0.4, 0.5) is 0 Å². The number of thiophene rings is 1. The van der Waals surface area contributed by atoms with Crippen LogP contribution in [0.2, 0.25) is 0 Å². The number of carbonyl (C=O) groups excluding carboxylic acids is 1. The first-order valence-corrected chi connectivity index (χ1v) is 7.33. The molecule has 1 atom stereocenters. The molecule has 0 spiro atoms. The van der Waals surface area contributed by atoms with Crippen molar-refractivity contribution in [3.63, 3.8) is 0 Å². The third kappa shape index (κ3) is 2.96. The van der Waals surface area contributed by atoms with Crippen LogP contribution in [0.15, 0.2) is 40.9 Å². The summed E-state index contributed by atoms with van der Waals surface area (Å²) in [6.45, 7) is 1.87. The van der Waals surface area contributed by atoms with E-state index < -0.39 is 6.10 Å². The molecule has 0 aliphatic carbocycles. The summed E-state index contributed by atoms with van der Waals surface area (Å²) in [7, 11) is 0. The number of rotatable bonds is 4. The third-order valence-electron chi connectivity index (χ3n) is 3.08. The van der Waals surface area contributed by atoms with Crippen molar-refractivity contribution < 1.29 is 14.4 Å². The molecule has 0 fully saturated rings. The predicted octanol–water partition coefficient (Wildman–Crippen LogP) is 2.66. The van der Waals surface area contributed by atoms with E-state index in [1.54, 1.807) is 13.0 Å². The highest BCUT2D eigenvalue weighted by atomic mass is 32.1. The van der Waals surface area contributed by atoms with Gasteiger partial charge in [-0.3, -0.25) is 4.79 Å². The normalized spacial score (nSPS) is 12.5. The van der Waals surface area contributed by atoms with Gasteiger partial charge < -0.3 is 14.9 Å². The molecule has 1 unspecified atom stereocenters. The Balaban J connectivity index is 1.66. The van der Waals surface area contributed by atoms with Gasteiger partial charge in [0.25, 0.3) is 5.91 Å². The largest absolute Gasteiger partial charge is 0.386 e. The molecule has 0 saturated carbocycles. The van der Waals surface area contributed by atoms with Crippen molar-refractivity contribution in [1.29, 1.82) is 0 Å². The first-order valence-electron chi connectivity index (χ1n) is 6.51. The number of aliphatic hydroxyl groups excluding tert-OH is 1. The molecule has 21 heavy (non-hydrogen) atoms. The minimum absolute atomic E-state index is 0.130. The van der Waals surface area contributed by atoms with Crippen molar-refractivity contribution in [3.8, 4) is 0 Å². The van der Waals surface area contributed by atoms with Gasteiger partial charge in [-0.1, -0.05) is 23.4 Å². The number of hydrogen-bond acceptors (Lipinski definition) is 5. The average Bonchev–Trinajstić information content (AvgIpc) is 3.10. The zero-order chi connectivity index (χ0) is 14.8. The molecular formula is C15H14N2O3S. The first-order chi connectivity index (χ1) is 10.1. The Hall–Kier alpha value is -2.18. The number of aromatic nitrogens is 1. The molecule has 0 saturated heterocycles. The van der Waals surface area contributed by atoms with Gasteiger partial charge in [-0.25, -0.2) is 0 Å². The molecule has 2 heterocycles. The molecular weight excluding hydrogens is 288 g/mol. The number of nitrogens with zero attached hydrogens (tertiary/aromatic N) is 1. The van der Waals surface area contributed by atoms with Gasteiger partial charge in [0.2, 0.25) is 5.76 Å². The van der Waals surface area contributed by atoms with Crippen molar-refractivity contribution >= 4 is 27.3 Å². The smallest absolute Gasteiger partial charge is 0.290 e. The van der Waals surface area contributed by atoms with Crippen molar-refractivity contribution in [2.45, 2.75) is 13.0 Å². The van der Waals surface area contributed by atoms with Crippen LogP contribution in [0.25, 0.3) is 10.1 Å². The van der Waals surface area contributed by atoms with Gasteiger partial charge in [0.1, 0.15) is 6.10 Å². The minimum Gasteiger partial charge on any atom is -0.386 e. The molecule has 6 heteroatoms. The van der Waals surface area contributed by atoms with Crippen LogP contribution in [0, 0.1) is 6.92 Å². The third-order valence-corrected chi connectivity index (χ3v) is 4.30. The Labute approximate surface area is 125 Å². The lowest BCUT2D eigenvalue weighted by molar-refractivity contribution is 0.0881. The maximum absolute atomic E-state index is 11.8. The lowest BCUT2D eigenvalue weighted by atomic mass is 10.2. The van der Waals surface area contributed by atoms with E-state index in [1.165, 1.54) is 11.3 Å². The van der Waals surface area contributed by atoms with Gasteiger partial charge in [-0.15, -0.1) is 11.3 Å². The zero-order valence-electron chi connectivity index (χ0n) is 11.4. The van der Waals surface area contributed by atoms with E-state index in [0.717, 1.165) is 15.0 Å². The molecule has 1 aromatic carbocycles. The van der Waals surface area contributed by atoms with E-state index in [-0.39, 0.29) is 18.2 Å². The van der Waals surface area contributed by atoms with Crippen molar-refractivity contribution in [1.82, 2.24) is 10.5 Å². The quantitative estimate of drug-likeness (QED) is 0.777. The van der Waals surface area contributed by atoms with Crippen LogP contribution in [0.5, 0.6) is 0 Å². The highest BCUT2D eigenvalue weighted by molar-refractivity contribution is 7.19. The highest BCUT2D eigenvalue weighted by Crippen LogP contribution is 2.29. The molecule has 3 rings (SSSR count). The maximum atomic E-state index is 11.8. The summed E-state index contributed by atoms with van der Waals surface area (Å²) in [5.74, 6) is -0.230. The zero-order valence-corrected chi connectivity index (χ0v) is 12.2. The summed E-state index contributed by atoms with van der Waals surface area (Å²) in [6.07, 6.45) is -0.740. The van der Waals surface area contributed by atoms with Crippen LogP contribution in [-0.2, 0) is 0 Å². The van der Waals surface area contributed by atoms with E-state index >= 15 is 0 Å². The summed E-state index contributed by atoms with van der Waals surface area (Å²) in [6, 6.07) is 11.4. The maximum Gasteiger partial charge on any atom is 0.290 e. The van der Waals surface area contributed by atoms with E-state index in [4.69, 9.17) is 4.52 Å². The number of aryl methyl sites for hydroxylation is 1. The number of fused-ring (bicyclic) bond motifs is 1. The Morgan fingerprint density at radius 3 is 2.95 bits per heavy atom. The SMILES string of the molecule is Cc1cc(C(=O)NCC(O)c2cc3ccccc3s2)on1. The molecule has 3 aromatic rings. The van der Waals surface area contributed by atoms with Crippen LogP contribution in [0.3, 0.4) is 0 Å². The fourth-order valence-electron chi connectivity index (χ4n) is 2.01. The van der Waals surface area contributed by atoms with Gasteiger partial charge in [-0.2, -0.15) is 0 Å². The molecule has 0 radical (unpaired) electrons. The molecule has 1 amide bonds. The fourth-order valence-corrected chi connectivity index (χ4v) is 3.06. The first kappa shape index (κ1) is 13.8. The van der Waals surface area contributed by atoms with E-state index in [9.17, 15) is 9.90 Å². The Morgan fingerprint density at radius 1 is 1.43 bits per heavy atom. The average molecular weight is 302 g/mol. The molecule has 2 N–H and O–H groups in total. The van der Waals surface area contributed by atoms with Crippen molar-refractivity contribution in [2.75, 3.05) is 6.54 Å². The lowest BCUT2D eigenvalue weighted by Crippen LogP contribution is -2.27. The molecule has 108 valence electrons. The minimum atomic E-state index is -0.740. The monoisotopic (exact) mass is 302 g/mol. The van der Waals surface area contributed by atoms with Crippen LogP contribution < -0.4 is 5.32 Å². The van der Waals surface area contributed by atoms with Gasteiger partial charge >= 0.3 is 0 Å². The van der Waals surface area contributed by atoms with Crippen molar-refractivity contribution in [2.24, 2.45) is 0 Å². The molecule has 0 aliphatic rings. The van der Waals surface area contributed by atoms with E-state index in [2.05, 4.69) is 10.5 Å². The molecule has 0 aliphatic heterocycles. The number of amides is 1.